The van der Waals surface area contributed by atoms with Crippen LogP contribution in [-0.4, -0.2) is 0 Å². The number of benzene rings is 2. The van der Waals surface area contributed by atoms with E-state index in [1.54, 1.807) is 0 Å². The maximum absolute atomic E-state index is 8.05. The van der Waals surface area contributed by atoms with Gasteiger partial charge in [-0.3, -0.25) is 0 Å². The molecule has 0 amide bonds. The lowest BCUT2D eigenvalue weighted by Gasteiger charge is -2.10. The van der Waals surface area contributed by atoms with Gasteiger partial charge in [0.25, 0.3) is 0 Å². The molecule has 14 heavy (non-hydrogen) atoms. The van der Waals surface area contributed by atoms with Gasteiger partial charge in [-0.1, -0.05) is 60.7 Å². The highest BCUT2D eigenvalue weighted by molar-refractivity contribution is 5.33. The first-order valence-corrected chi connectivity index (χ1v) is 4.69. The fraction of sp³-hybridized carbons (Fsp3) is 0.0714. The summed E-state index contributed by atoms with van der Waals surface area (Å²) in [5, 5.41) is 0. The molecule has 0 fully saturated rings. The van der Waals surface area contributed by atoms with Crippen molar-refractivity contribution in [2.45, 2.75) is 5.92 Å². The second kappa shape index (κ2) is 4.10. The molecule has 0 aliphatic heterocycles. The van der Waals surface area contributed by atoms with E-state index < -0.39 is 0 Å². The van der Waals surface area contributed by atoms with E-state index in [-0.39, 0.29) is 5.92 Å². The summed E-state index contributed by atoms with van der Waals surface area (Å²) in [5.74, 6) is -0.266. The van der Waals surface area contributed by atoms with Crippen LogP contribution >= 0.6 is 0 Å². The second-order valence-corrected chi connectivity index (χ2v) is 3.25. The van der Waals surface area contributed by atoms with Gasteiger partial charge >= 0.3 is 0 Å². The average Bonchev–Trinajstić information content (AvgIpc) is 2.30. The van der Waals surface area contributed by atoms with Gasteiger partial charge in [-0.15, -0.1) is 0 Å². The van der Waals surface area contributed by atoms with Gasteiger partial charge in [-0.2, -0.15) is 0 Å². The molecule has 3 radical (unpaired) electrons. The van der Waals surface area contributed by atoms with Gasteiger partial charge in [-0.05, 0) is 11.1 Å². The standard InChI is InChI=1S/C14H11/c1-12(13-8-4-2-5-9-13)14-10-6-3-7-11-14/h2-12H. The molecule has 0 atom stereocenters. The lowest BCUT2D eigenvalue weighted by atomic mass is 9.93. The molecule has 0 nitrogen and oxygen atoms in total. The van der Waals surface area contributed by atoms with Crippen molar-refractivity contribution < 1.29 is 0 Å². The highest BCUT2D eigenvalue weighted by Gasteiger charge is 2.06. The van der Waals surface area contributed by atoms with Gasteiger partial charge in [-0.25, -0.2) is 0 Å². The first-order valence-electron chi connectivity index (χ1n) is 4.69. The summed E-state index contributed by atoms with van der Waals surface area (Å²) in [6.45, 7) is 8.05. The molecule has 0 saturated heterocycles. The maximum Gasteiger partial charge on any atom is 0.0164 e. The zero-order chi connectivity index (χ0) is 9.80. The Kier molecular flexibility index (Phi) is 2.64. The van der Waals surface area contributed by atoms with E-state index in [0.29, 0.717) is 0 Å². The molecule has 0 aliphatic rings. The van der Waals surface area contributed by atoms with Crippen molar-refractivity contribution in [2.75, 3.05) is 0 Å². The van der Waals surface area contributed by atoms with Crippen LogP contribution in [0.25, 0.3) is 0 Å². The van der Waals surface area contributed by atoms with E-state index in [1.807, 2.05) is 60.7 Å². The third kappa shape index (κ3) is 1.85. The Morgan fingerprint density at radius 2 is 1.00 bits per heavy atom. The summed E-state index contributed by atoms with van der Waals surface area (Å²) < 4.78 is 0. The molecular weight excluding hydrogens is 168 g/mol. The quantitative estimate of drug-likeness (QED) is 0.662. The normalized spacial score (nSPS) is 10.4. The molecule has 0 heteroatoms. The fourth-order valence-electron chi connectivity index (χ4n) is 1.48. The summed E-state index contributed by atoms with van der Waals surface area (Å²) >= 11 is 0. The van der Waals surface area contributed by atoms with E-state index >= 15 is 0 Å². The van der Waals surface area contributed by atoms with Crippen molar-refractivity contribution in [3.05, 3.63) is 78.7 Å². The van der Waals surface area contributed by atoms with Crippen molar-refractivity contribution in [3.63, 3.8) is 0 Å². The molecule has 0 heterocycles. The number of rotatable bonds is 2. The molecule has 0 aliphatic carbocycles. The molecule has 0 bridgehead atoms. The topological polar surface area (TPSA) is 0 Å². The van der Waals surface area contributed by atoms with Gasteiger partial charge in [0.15, 0.2) is 0 Å². The molecule has 2 aromatic rings. The zero-order valence-corrected chi connectivity index (χ0v) is 7.85. The van der Waals surface area contributed by atoms with Crippen LogP contribution in [0.2, 0.25) is 0 Å². The van der Waals surface area contributed by atoms with Gasteiger partial charge in [0.2, 0.25) is 0 Å². The summed E-state index contributed by atoms with van der Waals surface area (Å²) in [7, 11) is 0. The van der Waals surface area contributed by atoms with Gasteiger partial charge in [0.05, 0.1) is 0 Å². The fourth-order valence-corrected chi connectivity index (χ4v) is 1.48. The Bertz CT molecular complexity index is 336. The molecule has 2 aromatic carbocycles. The second-order valence-electron chi connectivity index (χ2n) is 3.25. The van der Waals surface area contributed by atoms with Crippen molar-refractivity contribution >= 4 is 0 Å². The van der Waals surface area contributed by atoms with Gasteiger partial charge in [0, 0.05) is 12.8 Å². The molecule has 0 aromatic heterocycles. The Balaban J connectivity index is 2.30. The minimum Gasteiger partial charge on any atom is -0.0622 e. The van der Waals surface area contributed by atoms with Crippen molar-refractivity contribution in [1.82, 2.24) is 0 Å². The summed E-state index contributed by atoms with van der Waals surface area (Å²) in [6.07, 6.45) is 0. The smallest absolute Gasteiger partial charge is 0.0164 e. The number of hydrogen-bond donors (Lipinski definition) is 0. The van der Waals surface area contributed by atoms with E-state index in [0.717, 1.165) is 11.1 Å². The van der Waals surface area contributed by atoms with Gasteiger partial charge in [0.1, 0.15) is 0 Å². The van der Waals surface area contributed by atoms with E-state index in [9.17, 15) is 0 Å². The molecule has 2 rings (SSSR count). The van der Waals surface area contributed by atoms with Crippen LogP contribution in [0.15, 0.2) is 60.7 Å². The lowest BCUT2D eigenvalue weighted by Crippen LogP contribution is -1.94. The SMILES string of the molecule is [C]C(c1ccccc1)c1ccccc1. The minimum absolute atomic E-state index is 0.266. The van der Waals surface area contributed by atoms with E-state index in [4.69, 9.17) is 6.92 Å². The van der Waals surface area contributed by atoms with Crippen molar-refractivity contribution in [3.8, 4) is 0 Å². The molecule has 0 N–H and O–H groups in total. The van der Waals surface area contributed by atoms with Crippen molar-refractivity contribution in [2.24, 2.45) is 0 Å². The molecule has 67 valence electrons. The van der Waals surface area contributed by atoms with E-state index in [1.165, 1.54) is 0 Å². The summed E-state index contributed by atoms with van der Waals surface area (Å²) in [6, 6.07) is 19.8. The van der Waals surface area contributed by atoms with Crippen molar-refractivity contribution in [1.29, 1.82) is 0 Å². The van der Waals surface area contributed by atoms with E-state index in [2.05, 4.69) is 0 Å². The Morgan fingerprint density at radius 1 is 0.643 bits per heavy atom. The first kappa shape index (κ1) is 9.01. The maximum atomic E-state index is 8.05. The predicted octanol–water partition coefficient (Wildman–Crippen LogP) is 3.41. The molecule has 0 unspecified atom stereocenters. The monoisotopic (exact) mass is 179 g/mol. The minimum atomic E-state index is -0.266. The van der Waals surface area contributed by atoms with Crippen LogP contribution in [-0.2, 0) is 0 Å². The van der Waals surface area contributed by atoms with Crippen LogP contribution in [0, 0.1) is 6.92 Å². The summed E-state index contributed by atoms with van der Waals surface area (Å²) in [4.78, 5) is 0. The first-order chi connectivity index (χ1) is 6.88. The number of hydrogen-bond acceptors (Lipinski definition) is 0. The van der Waals surface area contributed by atoms with Crippen LogP contribution in [0.1, 0.15) is 17.0 Å². The lowest BCUT2D eigenvalue weighted by molar-refractivity contribution is 1.02. The highest BCUT2D eigenvalue weighted by Crippen LogP contribution is 2.22. The Hall–Kier alpha value is -1.56. The van der Waals surface area contributed by atoms with Crippen LogP contribution in [0.3, 0.4) is 0 Å². The Labute approximate surface area is 85.2 Å². The molecule has 0 spiro atoms. The predicted molar refractivity (Wildman–Crippen MR) is 58.0 cm³/mol. The Morgan fingerprint density at radius 3 is 1.36 bits per heavy atom. The summed E-state index contributed by atoms with van der Waals surface area (Å²) in [5.41, 5.74) is 2.08. The highest BCUT2D eigenvalue weighted by atomic mass is 14.1. The third-order valence-corrected chi connectivity index (χ3v) is 2.27. The molecular formula is C14H11. The third-order valence-electron chi connectivity index (χ3n) is 2.27. The van der Waals surface area contributed by atoms with Gasteiger partial charge < -0.3 is 0 Å². The van der Waals surface area contributed by atoms with Crippen LogP contribution in [0.5, 0.6) is 0 Å². The molecule has 0 saturated carbocycles. The largest absolute Gasteiger partial charge is 0.0622 e. The van der Waals surface area contributed by atoms with Crippen LogP contribution in [0.4, 0.5) is 0 Å². The zero-order valence-electron chi connectivity index (χ0n) is 7.85. The average molecular weight is 179 g/mol. The van der Waals surface area contributed by atoms with Crippen LogP contribution < -0.4 is 0 Å².